The largest absolute Gasteiger partial charge is 2.00 e. The fourth-order valence-corrected chi connectivity index (χ4v) is 0. The van der Waals surface area contributed by atoms with Crippen LogP contribution in [0, 0.1) is 0 Å². The molecule has 3 heteroatoms. The molecule has 0 spiro atoms. The van der Waals surface area contributed by atoms with Crippen LogP contribution in [0.4, 0.5) is 0 Å². The summed E-state index contributed by atoms with van der Waals surface area (Å²) in [6, 6.07) is 0. The maximum atomic E-state index is 0. The van der Waals surface area contributed by atoms with Gasteiger partial charge in [0.2, 0.25) is 0 Å². The fraction of sp³-hybridized carbons (Fsp3) is 1.00. The second-order valence-electron chi connectivity index (χ2n) is 0. The van der Waals surface area contributed by atoms with E-state index in [1.165, 1.54) is 0 Å². The van der Waals surface area contributed by atoms with Crippen molar-refractivity contribution in [3.63, 3.8) is 0 Å². The van der Waals surface area contributed by atoms with Crippen molar-refractivity contribution in [2.75, 3.05) is 0 Å². The van der Waals surface area contributed by atoms with Gasteiger partial charge in [-0.2, -0.15) is 0 Å². The van der Waals surface area contributed by atoms with Gasteiger partial charge in [-0.3, -0.25) is 0 Å². The van der Waals surface area contributed by atoms with Gasteiger partial charge in [0.1, 0.15) is 0 Å². The fourth-order valence-electron chi connectivity index (χ4n) is 0. The van der Waals surface area contributed by atoms with Gasteiger partial charge in [-0.1, -0.05) is 29.7 Å². The first kappa shape index (κ1) is 969. The van der Waals surface area contributed by atoms with Crippen LogP contribution in [-0.4, -0.2) is 11.0 Å². The van der Waals surface area contributed by atoms with E-state index in [2.05, 4.69) is 0 Å². The van der Waals surface area contributed by atoms with Gasteiger partial charge in [0.15, 0.2) is 0 Å². The Labute approximate surface area is 61.6 Å². The predicted molar refractivity (Wildman–Crippen MR) is 30.8 cm³/mol. The van der Waals surface area contributed by atoms with Crippen molar-refractivity contribution in [1.82, 2.24) is 0 Å². The van der Waals surface area contributed by atoms with Gasteiger partial charge < -0.3 is 11.0 Å². The minimum absolute atomic E-state index is 0. The molecular weight excluding hydrogens is 186 g/mol. The van der Waals surface area contributed by atoms with E-state index in [-0.39, 0.29) is 61.1 Å². The summed E-state index contributed by atoms with van der Waals surface area (Å²) >= 11 is 0. The van der Waals surface area contributed by atoms with Crippen molar-refractivity contribution in [2.24, 2.45) is 0 Å². The van der Waals surface area contributed by atoms with E-state index >= 15 is 0 Å². The van der Waals surface area contributed by atoms with Crippen molar-refractivity contribution in [1.29, 1.82) is 0 Å². The SMILES string of the molecule is C.C.C.C.[OH-].[OH-].[Pd+2]. The average molecular weight is 205 g/mol. The topological polar surface area (TPSA) is 60.0 Å². The molecular formula is C4H18O2Pd. The molecule has 7 heavy (non-hydrogen) atoms. The first-order valence-electron chi connectivity index (χ1n) is 0. The van der Waals surface area contributed by atoms with Crippen molar-refractivity contribution < 1.29 is 31.4 Å². The van der Waals surface area contributed by atoms with Crippen LogP contribution in [0.5, 0.6) is 0 Å². The van der Waals surface area contributed by atoms with Gasteiger partial charge >= 0.3 is 20.4 Å². The van der Waals surface area contributed by atoms with Crippen molar-refractivity contribution in [3.05, 3.63) is 0 Å². The first-order valence-corrected chi connectivity index (χ1v) is 0. The van der Waals surface area contributed by atoms with E-state index in [1.807, 2.05) is 0 Å². The van der Waals surface area contributed by atoms with Crippen LogP contribution in [0.2, 0.25) is 0 Å². The number of hydrogen-bond acceptors (Lipinski definition) is 2. The molecule has 0 rings (SSSR count). The third kappa shape index (κ3) is 408. The van der Waals surface area contributed by atoms with E-state index in [0.717, 1.165) is 0 Å². The van der Waals surface area contributed by atoms with Crippen molar-refractivity contribution in [2.45, 2.75) is 29.7 Å². The molecule has 0 unspecified atom stereocenters. The Morgan fingerprint density at radius 3 is 0.429 bits per heavy atom. The maximum Gasteiger partial charge on any atom is 2.00 e. The zero-order valence-electron chi connectivity index (χ0n) is 1.21. The normalized spacial score (nSPS) is 0. The second kappa shape index (κ2) is 605. The summed E-state index contributed by atoms with van der Waals surface area (Å²) < 4.78 is 0. The van der Waals surface area contributed by atoms with E-state index in [1.54, 1.807) is 0 Å². The van der Waals surface area contributed by atoms with E-state index in [4.69, 9.17) is 0 Å². The molecule has 0 aliphatic carbocycles. The minimum Gasteiger partial charge on any atom is -0.870 e. The van der Waals surface area contributed by atoms with Gasteiger partial charge in [-0.05, 0) is 0 Å². The molecule has 0 aromatic heterocycles. The standard InChI is InChI=1S/4CH4.2H2O.Pd/h4*1H4;2*1H2;/q;;;;;;+2/p-2. The first-order chi connectivity index (χ1) is 0. The van der Waals surface area contributed by atoms with Gasteiger partial charge in [-0.25, -0.2) is 0 Å². The minimum atomic E-state index is 0. The monoisotopic (exact) mass is 204 g/mol. The zero-order chi connectivity index (χ0) is 0. The Bertz CT molecular complexity index is 9.65. The predicted octanol–water partition coefficient (Wildman–Crippen LogP) is 2.19. The smallest absolute Gasteiger partial charge is 0.870 e. The molecule has 56 valence electrons. The van der Waals surface area contributed by atoms with Crippen LogP contribution < -0.4 is 0 Å². The number of rotatable bonds is 0. The zero-order valence-corrected chi connectivity index (χ0v) is 2.77. The van der Waals surface area contributed by atoms with Gasteiger partial charge in [0.05, 0.1) is 0 Å². The molecule has 0 aliphatic heterocycles. The van der Waals surface area contributed by atoms with Crippen molar-refractivity contribution >= 4 is 0 Å². The third-order valence-electron chi connectivity index (χ3n) is 0. The molecule has 0 aromatic carbocycles. The molecule has 2 N–H and O–H groups in total. The molecule has 0 saturated carbocycles. The molecule has 2 nitrogen and oxygen atoms in total. The Kier molecular flexibility index (Phi) is 83700. The van der Waals surface area contributed by atoms with Gasteiger partial charge in [-0.15, -0.1) is 0 Å². The van der Waals surface area contributed by atoms with E-state index in [9.17, 15) is 0 Å². The molecule has 0 heterocycles. The molecule has 0 bridgehead atoms. The summed E-state index contributed by atoms with van der Waals surface area (Å²) in [4.78, 5) is 0. The quantitative estimate of drug-likeness (QED) is 0.568. The van der Waals surface area contributed by atoms with Crippen LogP contribution in [-0.2, 0) is 20.4 Å². The van der Waals surface area contributed by atoms with E-state index < -0.39 is 0 Å². The average Bonchev–Trinajstić information content (AvgIpc) is 0. The van der Waals surface area contributed by atoms with Crippen LogP contribution in [0.25, 0.3) is 0 Å². The van der Waals surface area contributed by atoms with E-state index in [0.29, 0.717) is 0 Å². The summed E-state index contributed by atoms with van der Waals surface area (Å²) in [6.45, 7) is 0. The summed E-state index contributed by atoms with van der Waals surface area (Å²) in [7, 11) is 0. The molecule has 0 amide bonds. The summed E-state index contributed by atoms with van der Waals surface area (Å²) in [5.41, 5.74) is 0. The van der Waals surface area contributed by atoms with Crippen molar-refractivity contribution in [3.8, 4) is 0 Å². The Balaban J connectivity index is 0. The molecule has 0 radical (unpaired) electrons. The summed E-state index contributed by atoms with van der Waals surface area (Å²) in [6.07, 6.45) is 0. The number of hydrogen-bond donors (Lipinski definition) is 0. The summed E-state index contributed by atoms with van der Waals surface area (Å²) in [5, 5.41) is 0. The van der Waals surface area contributed by atoms with Gasteiger partial charge in [0, 0.05) is 0 Å². The van der Waals surface area contributed by atoms with Crippen LogP contribution in [0.3, 0.4) is 0 Å². The molecule has 0 fully saturated rings. The Morgan fingerprint density at radius 1 is 0.429 bits per heavy atom. The Hall–Kier alpha value is 0.582. The summed E-state index contributed by atoms with van der Waals surface area (Å²) in [5.74, 6) is 0. The molecule has 0 atom stereocenters. The molecule has 0 aliphatic rings. The van der Waals surface area contributed by atoms with Crippen LogP contribution >= 0.6 is 0 Å². The molecule has 0 saturated heterocycles. The third-order valence-corrected chi connectivity index (χ3v) is 0. The van der Waals surface area contributed by atoms with Crippen LogP contribution in [0.15, 0.2) is 0 Å². The van der Waals surface area contributed by atoms with Gasteiger partial charge in [0.25, 0.3) is 0 Å². The molecule has 0 aromatic rings. The Morgan fingerprint density at radius 2 is 0.429 bits per heavy atom. The van der Waals surface area contributed by atoms with Crippen LogP contribution in [0.1, 0.15) is 29.7 Å². The maximum absolute atomic E-state index is 0. The second-order valence-corrected chi connectivity index (χ2v) is 0.